The summed E-state index contributed by atoms with van der Waals surface area (Å²) >= 11 is 0. The number of unbranched alkanes of at least 4 members (excludes halogenated alkanes) is 6. The molecule has 2 nitrogen and oxygen atoms in total. The van der Waals surface area contributed by atoms with Gasteiger partial charge < -0.3 is 4.90 Å². The number of nitrogens with zero attached hydrogens (tertiary/aromatic N) is 1. The van der Waals surface area contributed by atoms with Gasteiger partial charge in [0, 0.05) is 19.5 Å². The van der Waals surface area contributed by atoms with Crippen molar-refractivity contribution in [2.24, 2.45) is 0 Å². The summed E-state index contributed by atoms with van der Waals surface area (Å²) in [6, 6.07) is 10.8. The minimum absolute atomic E-state index is 0.396. The summed E-state index contributed by atoms with van der Waals surface area (Å²) in [5, 5.41) is 0. The molecule has 0 spiro atoms. The van der Waals surface area contributed by atoms with Gasteiger partial charge in [0.15, 0.2) is 0 Å². The third kappa shape index (κ3) is 7.67. The van der Waals surface area contributed by atoms with Gasteiger partial charge >= 0.3 is 0 Å². The van der Waals surface area contributed by atoms with Crippen LogP contribution in [0.3, 0.4) is 0 Å². The first kappa shape index (κ1) is 18.0. The van der Waals surface area contributed by atoms with E-state index in [9.17, 15) is 4.79 Å². The molecule has 0 bridgehead atoms. The van der Waals surface area contributed by atoms with Gasteiger partial charge in [0.2, 0.25) is 5.91 Å². The zero-order valence-electron chi connectivity index (χ0n) is 14.6. The maximum atomic E-state index is 12.0. The highest BCUT2D eigenvalue weighted by molar-refractivity contribution is 5.76. The molecule has 0 N–H and O–H groups in total. The average Bonchev–Trinajstić information content (AvgIpc) is 2.61. The summed E-state index contributed by atoms with van der Waals surface area (Å²) in [6.07, 6.45) is 14.6. The first-order valence-corrected chi connectivity index (χ1v) is 9.68. The fourth-order valence-electron chi connectivity index (χ4n) is 3.44. The SMILES string of the molecule is O=C(CCCCCCCCCc1ccccc1)N1CCCCC1. The molecule has 1 saturated heterocycles. The molecular formula is C21H33NO. The molecule has 128 valence electrons. The summed E-state index contributed by atoms with van der Waals surface area (Å²) in [5.41, 5.74) is 1.46. The molecule has 2 rings (SSSR count). The van der Waals surface area contributed by atoms with Crippen molar-refractivity contribution in [3.05, 3.63) is 35.9 Å². The smallest absolute Gasteiger partial charge is 0.222 e. The van der Waals surface area contributed by atoms with Crippen molar-refractivity contribution in [1.82, 2.24) is 4.90 Å². The van der Waals surface area contributed by atoms with Gasteiger partial charge in [-0.2, -0.15) is 0 Å². The lowest BCUT2D eigenvalue weighted by Gasteiger charge is -2.26. The monoisotopic (exact) mass is 315 g/mol. The molecule has 1 fully saturated rings. The highest BCUT2D eigenvalue weighted by Gasteiger charge is 2.15. The topological polar surface area (TPSA) is 20.3 Å². The molecule has 0 radical (unpaired) electrons. The van der Waals surface area contributed by atoms with E-state index in [1.165, 1.54) is 69.8 Å². The van der Waals surface area contributed by atoms with E-state index in [-0.39, 0.29) is 0 Å². The predicted molar refractivity (Wildman–Crippen MR) is 97.5 cm³/mol. The van der Waals surface area contributed by atoms with Crippen molar-refractivity contribution >= 4 is 5.91 Å². The van der Waals surface area contributed by atoms with Crippen LogP contribution in [0, 0.1) is 0 Å². The van der Waals surface area contributed by atoms with E-state index in [0.29, 0.717) is 5.91 Å². The Balaban J connectivity index is 1.38. The van der Waals surface area contributed by atoms with Gasteiger partial charge in [0.25, 0.3) is 0 Å². The number of benzene rings is 1. The van der Waals surface area contributed by atoms with Crippen LogP contribution in [-0.2, 0) is 11.2 Å². The van der Waals surface area contributed by atoms with Crippen molar-refractivity contribution in [2.45, 2.75) is 77.0 Å². The van der Waals surface area contributed by atoms with Gasteiger partial charge in [0.05, 0.1) is 0 Å². The number of carbonyl (C=O) groups excluding carboxylic acids is 1. The average molecular weight is 316 g/mol. The molecule has 0 unspecified atom stereocenters. The second-order valence-corrected chi connectivity index (χ2v) is 6.90. The van der Waals surface area contributed by atoms with E-state index >= 15 is 0 Å². The minimum Gasteiger partial charge on any atom is -0.343 e. The maximum absolute atomic E-state index is 12.0. The van der Waals surface area contributed by atoms with Crippen LogP contribution in [0.25, 0.3) is 0 Å². The zero-order valence-corrected chi connectivity index (χ0v) is 14.6. The first-order valence-electron chi connectivity index (χ1n) is 9.68. The lowest BCUT2D eigenvalue weighted by molar-refractivity contribution is -0.132. The minimum atomic E-state index is 0.396. The zero-order chi connectivity index (χ0) is 16.2. The van der Waals surface area contributed by atoms with Crippen molar-refractivity contribution in [1.29, 1.82) is 0 Å². The van der Waals surface area contributed by atoms with Gasteiger partial charge in [-0.1, -0.05) is 62.4 Å². The van der Waals surface area contributed by atoms with Gasteiger partial charge in [-0.25, -0.2) is 0 Å². The van der Waals surface area contributed by atoms with Crippen molar-refractivity contribution in [3.63, 3.8) is 0 Å². The van der Waals surface area contributed by atoms with Crippen LogP contribution in [0.1, 0.15) is 76.2 Å². The van der Waals surface area contributed by atoms with Gasteiger partial charge in [-0.3, -0.25) is 4.79 Å². The van der Waals surface area contributed by atoms with Gasteiger partial charge in [-0.15, -0.1) is 0 Å². The largest absolute Gasteiger partial charge is 0.343 e. The number of hydrogen-bond acceptors (Lipinski definition) is 1. The molecular weight excluding hydrogens is 282 g/mol. The third-order valence-electron chi connectivity index (χ3n) is 4.91. The molecule has 0 atom stereocenters. The van der Waals surface area contributed by atoms with Crippen molar-refractivity contribution in [2.75, 3.05) is 13.1 Å². The number of hydrogen-bond donors (Lipinski definition) is 0. The summed E-state index contributed by atoms with van der Waals surface area (Å²) in [6.45, 7) is 2.00. The summed E-state index contributed by atoms with van der Waals surface area (Å²) in [5.74, 6) is 0.396. The number of aryl methyl sites for hydroxylation is 1. The third-order valence-corrected chi connectivity index (χ3v) is 4.91. The van der Waals surface area contributed by atoms with Crippen LogP contribution in [0.2, 0.25) is 0 Å². The molecule has 0 saturated carbocycles. The Hall–Kier alpha value is -1.31. The Labute approximate surface area is 142 Å². The molecule has 1 amide bonds. The summed E-state index contributed by atoms with van der Waals surface area (Å²) < 4.78 is 0. The number of amides is 1. The highest BCUT2D eigenvalue weighted by atomic mass is 16.2. The molecule has 2 heteroatoms. The van der Waals surface area contributed by atoms with Gasteiger partial charge in [-0.05, 0) is 44.1 Å². The lowest BCUT2D eigenvalue weighted by Crippen LogP contribution is -2.35. The summed E-state index contributed by atoms with van der Waals surface area (Å²) in [7, 11) is 0. The Bertz CT molecular complexity index is 423. The van der Waals surface area contributed by atoms with Crippen LogP contribution in [0.5, 0.6) is 0 Å². The quantitative estimate of drug-likeness (QED) is 0.532. The normalized spacial score (nSPS) is 14.9. The molecule has 23 heavy (non-hydrogen) atoms. The van der Waals surface area contributed by atoms with E-state index in [4.69, 9.17) is 0 Å². The van der Waals surface area contributed by atoms with Crippen LogP contribution < -0.4 is 0 Å². The number of carbonyl (C=O) groups is 1. The maximum Gasteiger partial charge on any atom is 0.222 e. The Morgan fingerprint density at radius 3 is 2.09 bits per heavy atom. The molecule has 0 aromatic heterocycles. The molecule has 1 aliphatic rings. The van der Waals surface area contributed by atoms with Crippen LogP contribution in [-0.4, -0.2) is 23.9 Å². The Morgan fingerprint density at radius 1 is 0.783 bits per heavy atom. The van der Waals surface area contributed by atoms with Crippen molar-refractivity contribution < 1.29 is 4.79 Å². The van der Waals surface area contributed by atoms with Crippen LogP contribution in [0.15, 0.2) is 30.3 Å². The number of rotatable bonds is 10. The molecule has 1 aromatic rings. The van der Waals surface area contributed by atoms with Crippen LogP contribution in [0.4, 0.5) is 0 Å². The summed E-state index contributed by atoms with van der Waals surface area (Å²) in [4.78, 5) is 14.1. The fraction of sp³-hybridized carbons (Fsp3) is 0.667. The van der Waals surface area contributed by atoms with Crippen molar-refractivity contribution in [3.8, 4) is 0 Å². The molecule has 1 heterocycles. The van der Waals surface area contributed by atoms with Crippen LogP contribution >= 0.6 is 0 Å². The number of piperidine rings is 1. The fourth-order valence-corrected chi connectivity index (χ4v) is 3.44. The van der Waals surface area contributed by atoms with E-state index in [0.717, 1.165) is 25.9 Å². The van der Waals surface area contributed by atoms with E-state index in [1.807, 2.05) is 0 Å². The molecule has 0 aliphatic carbocycles. The highest BCUT2D eigenvalue weighted by Crippen LogP contribution is 2.14. The van der Waals surface area contributed by atoms with Gasteiger partial charge in [0.1, 0.15) is 0 Å². The van der Waals surface area contributed by atoms with E-state index in [2.05, 4.69) is 35.2 Å². The number of likely N-dealkylation sites (tertiary alicyclic amines) is 1. The molecule has 1 aromatic carbocycles. The molecule has 1 aliphatic heterocycles. The lowest BCUT2D eigenvalue weighted by atomic mass is 10.0. The second kappa shape index (κ2) is 11.3. The predicted octanol–water partition coefficient (Wildman–Crippen LogP) is 5.36. The second-order valence-electron chi connectivity index (χ2n) is 6.90. The van der Waals surface area contributed by atoms with E-state index in [1.54, 1.807) is 0 Å². The first-order chi connectivity index (χ1) is 11.4. The standard InChI is InChI=1S/C21H33NO/c23-21(22-18-12-7-13-19-22)17-11-5-3-1-2-4-8-14-20-15-9-6-10-16-20/h6,9-10,15-16H,1-5,7-8,11-14,17-19H2. The Morgan fingerprint density at radius 2 is 1.39 bits per heavy atom. The van der Waals surface area contributed by atoms with E-state index < -0.39 is 0 Å². The Kier molecular flexibility index (Phi) is 8.83.